The number of hydrogen-bond donors (Lipinski definition) is 3. The molecule has 3 amide bonds. The molecule has 2 saturated heterocycles. The van der Waals surface area contributed by atoms with E-state index >= 15 is 0 Å². The van der Waals surface area contributed by atoms with Gasteiger partial charge in [-0.1, -0.05) is 43.3 Å². The average molecular weight is 756 g/mol. The lowest BCUT2D eigenvalue weighted by atomic mass is 9.82. The molecule has 2 aliphatic heterocycles. The fourth-order valence-corrected chi connectivity index (χ4v) is 9.90. The third-order valence-electron chi connectivity index (χ3n) is 13.2. The van der Waals surface area contributed by atoms with E-state index in [1.807, 2.05) is 4.90 Å². The van der Waals surface area contributed by atoms with Gasteiger partial charge in [-0.2, -0.15) is 0 Å². The molecule has 0 radical (unpaired) electrons. The predicted molar refractivity (Wildman–Crippen MR) is 216 cm³/mol. The lowest BCUT2D eigenvalue weighted by molar-refractivity contribution is -0.138. The number of fused-ring (bicyclic) bond motifs is 2. The van der Waals surface area contributed by atoms with Crippen molar-refractivity contribution in [1.82, 2.24) is 35.1 Å². The van der Waals surface area contributed by atoms with Crippen LogP contribution in [-0.4, -0.2) is 73.9 Å². The molecule has 2 aliphatic carbocycles. The van der Waals surface area contributed by atoms with E-state index in [0.29, 0.717) is 5.91 Å². The number of nitrogens with zero attached hydrogens (tertiary/aromatic N) is 4. The molecule has 0 unspecified atom stereocenters. The summed E-state index contributed by atoms with van der Waals surface area (Å²) >= 11 is 0. The summed E-state index contributed by atoms with van der Waals surface area (Å²) in [7, 11) is 1.38. The first-order valence-corrected chi connectivity index (χ1v) is 20.9. The number of likely N-dealkylation sites (tertiary alicyclic amines) is 2. The van der Waals surface area contributed by atoms with E-state index < -0.39 is 6.09 Å². The summed E-state index contributed by atoms with van der Waals surface area (Å²) in [5.74, 6) is 3.13. The molecule has 56 heavy (non-hydrogen) atoms. The van der Waals surface area contributed by atoms with Crippen LogP contribution in [0.25, 0.3) is 44.3 Å². The number of carbonyl (C=O) groups excluding carboxylic acids is 3. The van der Waals surface area contributed by atoms with Crippen molar-refractivity contribution in [3.63, 3.8) is 0 Å². The maximum atomic E-state index is 13.7. The maximum absolute atomic E-state index is 13.7. The number of benzene rings is 3. The zero-order valence-corrected chi connectivity index (χ0v) is 32.6. The van der Waals surface area contributed by atoms with Gasteiger partial charge in [-0.15, -0.1) is 0 Å². The van der Waals surface area contributed by atoms with E-state index in [4.69, 9.17) is 14.7 Å². The number of nitrogens with one attached hydrogen (secondary N) is 3. The molecular weight excluding hydrogens is 703 g/mol. The zero-order chi connectivity index (χ0) is 38.3. The van der Waals surface area contributed by atoms with Crippen LogP contribution in [-0.2, 0) is 14.3 Å². The Morgan fingerprint density at radius 3 is 1.54 bits per heavy atom. The Morgan fingerprint density at radius 2 is 1.07 bits per heavy atom. The second kappa shape index (κ2) is 15.4. The molecule has 2 aromatic heterocycles. The van der Waals surface area contributed by atoms with Gasteiger partial charge < -0.3 is 29.8 Å². The Balaban J connectivity index is 0.867. The van der Waals surface area contributed by atoms with Gasteiger partial charge in [0.2, 0.25) is 11.8 Å². The van der Waals surface area contributed by atoms with E-state index in [0.717, 1.165) is 152 Å². The largest absolute Gasteiger partial charge is 0.453 e. The minimum atomic E-state index is -0.409. The number of aromatic amines is 2. The molecule has 0 spiro atoms. The Labute approximate surface area is 328 Å². The van der Waals surface area contributed by atoms with Gasteiger partial charge in [0.1, 0.15) is 11.6 Å². The van der Waals surface area contributed by atoms with Gasteiger partial charge in [-0.25, -0.2) is 14.8 Å². The number of aromatic nitrogens is 4. The van der Waals surface area contributed by atoms with Gasteiger partial charge in [-0.05, 0) is 129 Å². The van der Waals surface area contributed by atoms with Crippen LogP contribution in [0.2, 0.25) is 0 Å². The molecule has 4 fully saturated rings. The second-order valence-electron chi connectivity index (χ2n) is 16.8. The first-order chi connectivity index (χ1) is 27.3. The van der Waals surface area contributed by atoms with Crippen LogP contribution in [0, 0.1) is 17.8 Å². The molecule has 5 aromatic rings. The highest BCUT2D eigenvalue weighted by molar-refractivity contribution is 5.85. The molecule has 3 N–H and O–H groups in total. The fraction of sp³-hybridized carbons (Fsp3) is 0.489. The summed E-state index contributed by atoms with van der Waals surface area (Å²) in [6, 6.07) is 21.4. The Bertz CT molecular complexity index is 2230. The summed E-state index contributed by atoms with van der Waals surface area (Å²) in [5.41, 5.74) is 8.20. The monoisotopic (exact) mass is 755 g/mol. The van der Waals surface area contributed by atoms with E-state index in [2.05, 4.69) is 87.8 Å². The third kappa shape index (κ3) is 7.16. The van der Waals surface area contributed by atoms with Gasteiger partial charge in [0.25, 0.3) is 0 Å². The number of alkyl carbamates (subject to hydrolysis) is 1. The zero-order valence-electron chi connectivity index (χ0n) is 32.6. The van der Waals surface area contributed by atoms with Gasteiger partial charge >= 0.3 is 6.09 Å². The van der Waals surface area contributed by atoms with Gasteiger partial charge in [0.15, 0.2) is 0 Å². The first kappa shape index (κ1) is 36.4. The number of imidazole rings is 2. The van der Waals surface area contributed by atoms with Crippen molar-refractivity contribution in [3.8, 4) is 22.3 Å². The minimum absolute atomic E-state index is 0.0221. The van der Waals surface area contributed by atoms with Crippen molar-refractivity contribution in [3.05, 3.63) is 72.3 Å². The van der Waals surface area contributed by atoms with Crippen molar-refractivity contribution in [2.75, 3.05) is 20.2 Å². The number of rotatable bonds is 7. The van der Waals surface area contributed by atoms with Crippen LogP contribution < -0.4 is 5.32 Å². The molecule has 4 aliphatic rings. The Morgan fingerprint density at radius 1 is 0.625 bits per heavy atom. The molecule has 4 heterocycles. The van der Waals surface area contributed by atoms with Crippen molar-refractivity contribution >= 4 is 40.0 Å². The molecule has 0 bridgehead atoms. The van der Waals surface area contributed by atoms with Gasteiger partial charge in [-0.3, -0.25) is 9.59 Å². The van der Waals surface area contributed by atoms with Crippen LogP contribution in [0.15, 0.2) is 60.7 Å². The Hall–Kier alpha value is -5.19. The minimum Gasteiger partial charge on any atom is -0.453 e. The highest BCUT2D eigenvalue weighted by Gasteiger charge is 2.38. The number of hydrogen-bond acceptors (Lipinski definition) is 6. The number of H-pyrrole nitrogens is 2. The molecule has 3 aromatic carbocycles. The summed E-state index contributed by atoms with van der Waals surface area (Å²) in [5, 5.41) is 2.89. The van der Waals surface area contributed by atoms with Crippen molar-refractivity contribution in [2.45, 2.75) is 102 Å². The van der Waals surface area contributed by atoms with Gasteiger partial charge in [0.05, 0.1) is 41.3 Å². The lowest BCUT2D eigenvalue weighted by Gasteiger charge is -2.32. The van der Waals surface area contributed by atoms with Crippen LogP contribution in [0.4, 0.5) is 4.79 Å². The van der Waals surface area contributed by atoms with Crippen molar-refractivity contribution in [2.24, 2.45) is 17.8 Å². The van der Waals surface area contributed by atoms with E-state index in [9.17, 15) is 14.4 Å². The fourth-order valence-electron chi connectivity index (χ4n) is 9.90. The maximum Gasteiger partial charge on any atom is 0.407 e. The third-order valence-corrected chi connectivity index (χ3v) is 13.2. The second-order valence-corrected chi connectivity index (χ2v) is 16.8. The van der Waals surface area contributed by atoms with Crippen LogP contribution in [0.1, 0.15) is 108 Å². The molecule has 2 saturated carbocycles. The normalized spacial score (nSPS) is 25.5. The summed E-state index contributed by atoms with van der Waals surface area (Å²) in [6.07, 6.45) is 10.8. The van der Waals surface area contributed by atoms with Crippen molar-refractivity contribution < 1.29 is 19.1 Å². The van der Waals surface area contributed by atoms with Gasteiger partial charge in [0, 0.05) is 31.0 Å². The quantitative estimate of drug-likeness (QED) is 0.152. The number of methoxy groups -OCH3 is 1. The number of ether oxygens (including phenoxy) is 1. The summed E-state index contributed by atoms with van der Waals surface area (Å²) < 4.78 is 4.75. The summed E-state index contributed by atoms with van der Waals surface area (Å²) in [4.78, 5) is 60.2. The van der Waals surface area contributed by atoms with Crippen molar-refractivity contribution in [1.29, 1.82) is 0 Å². The molecule has 11 nitrogen and oxygen atoms in total. The average Bonchev–Trinajstić information content (AvgIpc) is 4.06. The standard InChI is InChI=1S/C45H53N7O4/c1-27-7-9-30(10-8-27)43(53)51-23-3-5-39(51)41-47-35-21-17-32(25-37(35)49-41)28-11-13-29(14-12-28)33-18-22-36-38(26-33)50-42(48-36)40-6-4-24-52(40)44(54)31-15-19-34(20-16-31)46-45(55)56-2/h11-14,17-18,21-22,25-27,30-31,34,39-40H,3-10,15-16,19-20,23-24H2,1-2H3,(H,46,55)(H,47,49)(H,48,50)/t27-,30-,31-,34-,39-,40-/m0/s1. The number of amides is 3. The molecule has 9 rings (SSSR count). The predicted octanol–water partition coefficient (Wildman–Crippen LogP) is 8.84. The van der Waals surface area contributed by atoms with Crippen LogP contribution in [0.3, 0.4) is 0 Å². The number of carbonyl (C=O) groups is 3. The molecule has 2 atom stereocenters. The van der Waals surface area contributed by atoms with Crippen LogP contribution >= 0.6 is 0 Å². The topological polar surface area (TPSA) is 136 Å². The molecular formula is C45H53N7O4. The van der Waals surface area contributed by atoms with E-state index in [1.54, 1.807) is 0 Å². The highest BCUT2D eigenvalue weighted by Crippen LogP contribution is 2.39. The SMILES string of the molecule is COC(=O)N[C@H]1CC[C@H](C(=O)N2CCC[C@H]2c2nc3cc(-c4ccc(-c5ccc6[nH]c([C@@H]7CCCN7C(=O)[C@H]7CC[C@H](C)CC7)nc6c5)cc4)ccc3[nH]2)CC1. The smallest absolute Gasteiger partial charge is 0.407 e. The lowest BCUT2D eigenvalue weighted by Crippen LogP contribution is -2.42. The van der Waals surface area contributed by atoms with E-state index in [1.165, 1.54) is 7.11 Å². The van der Waals surface area contributed by atoms with E-state index in [-0.39, 0.29) is 35.9 Å². The highest BCUT2D eigenvalue weighted by atomic mass is 16.5. The molecule has 292 valence electrons. The molecule has 11 heteroatoms. The first-order valence-electron chi connectivity index (χ1n) is 20.9. The Kier molecular flexibility index (Phi) is 10.0. The van der Waals surface area contributed by atoms with Crippen LogP contribution in [0.5, 0.6) is 0 Å². The summed E-state index contributed by atoms with van der Waals surface area (Å²) in [6.45, 7) is 3.86.